The highest BCUT2D eigenvalue weighted by atomic mass is 15.1. The van der Waals surface area contributed by atoms with Crippen molar-refractivity contribution in [2.45, 2.75) is 71.3 Å². The SMILES string of the molecule is CN(CCNC(C)(C)C)CC1CCC2CCCCC2C1. The van der Waals surface area contributed by atoms with E-state index in [-0.39, 0.29) is 5.54 Å². The van der Waals surface area contributed by atoms with Crippen LogP contribution in [0.5, 0.6) is 0 Å². The first kappa shape index (κ1) is 16.3. The van der Waals surface area contributed by atoms with E-state index in [0.717, 1.165) is 24.3 Å². The Bertz CT molecular complexity index is 282. The first-order chi connectivity index (χ1) is 9.44. The molecule has 2 aliphatic rings. The van der Waals surface area contributed by atoms with Crippen LogP contribution in [0.25, 0.3) is 0 Å². The van der Waals surface area contributed by atoms with Gasteiger partial charge >= 0.3 is 0 Å². The molecule has 20 heavy (non-hydrogen) atoms. The van der Waals surface area contributed by atoms with E-state index in [0.29, 0.717) is 0 Å². The molecule has 0 aromatic rings. The number of fused-ring (bicyclic) bond motifs is 1. The average molecular weight is 280 g/mol. The fourth-order valence-electron chi connectivity index (χ4n) is 4.29. The third kappa shape index (κ3) is 5.37. The Labute approximate surface area is 126 Å². The van der Waals surface area contributed by atoms with Crippen LogP contribution in [-0.4, -0.2) is 37.1 Å². The Hall–Kier alpha value is -0.0800. The summed E-state index contributed by atoms with van der Waals surface area (Å²) in [4.78, 5) is 2.55. The van der Waals surface area contributed by atoms with Crippen LogP contribution in [0.3, 0.4) is 0 Å². The summed E-state index contributed by atoms with van der Waals surface area (Å²) in [6, 6.07) is 0. The molecule has 2 rings (SSSR count). The molecule has 0 aromatic carbocycles. The van der Waals surface area contributed by atoms with Gasteiger partial charge in [0.25, 0.3) is 0 Å². The van der Waals surface area contributed by atoms with Crippen LogP contribution >= 0.6 is 0 Å². The van der Waals surface area contributed by atoms with Crippen LogP contribution in [0.2, 0.25) is 0 Å². The van der Waals surface area contributed by atoms with E-state index in [9.17, 15) is 0 Å². The Kier molecular flexibility index (Phi) is 5.92. The monoisotopic (exact) mass is 280 g/mol. The highest BCUT2D eigenvalue weighted by molar-refractivity contribution is 4.84. The summed E-state index contributed by atoms with van der Waals surface area (Å²) in [5.74, 6) is 3.13. The largest absolute Gasteiger partial charge is 0.311 e. The lowest BCUT2D eigenvalue weighted by molar-refractivity contribution is 0.109. The molecule has 2 nitrogen and oxygen atoms in total. The molecule has 1 N–H and O–H groups in total. The minimum Gasteiger partial charge on any atom is -0.311 e. The van der Waals surface area contributed by atoms with Gasteiger partial charge in [0.15, 0.2) is 0 Å². The highest BCUT2D eigenvalue weighted by Gasteiger charge is 2.32. The van der Waals surface area contributed by atoms with Gasteiger partial charge in [0.2, 0.25) is 0 Å². The second-order valence-corrected chi connectivity index (χ2v) is 8.42. The second-order valence-electron chi connectivity index (χ2n) is 8.42. The van der Waals surface area contributed by atoms with Gasteiger partial charge in [-0.15, -0.1) is 0 Å². The zero-order valence-electron chi connectivity index (χ0n) is 14.3. The van der Waals surface area contributed by atoms with Gasteiger partial charge in [0.05, 0.1) is 0 Å². The highest BCUT2D eigenvalue weighted by Crippen LogP contribution is 2.42. The van der Waals surface area contributed by atoms with Gasteiger partial charge < -0.3 is 10.2 Å². The second kappa shape index (κ2) is 7.26. The predicted molar refractivity (Wildman–Crippen MR) is 88.0 cm³/mol. The van der Waals surface area contributed by atoms with Crippen molar-refractivity contribution in [3.8, 4) is 0 Å². The quantitative estimate of drug-likeness (QED) is 0.821. The summed E-state index contributed by atoms with van der Waals surface area (Å²) in [6.45, 7) is 10.3. The zero-order valence-corrected chi connectivity index (χ0v) is 14.3. The third-order valence-corrected chi connectivity index (χ3v) is 5.37. The number of nitrogens with zero attached hydrogens (tertiary/aromatic N) is 1. The molecule has 0 aromatic heterocycles. The van der Waals surface area contributed by atoms with Crippen molar-refractivity contribution in [2.24, 2.45) is 17.8 Å². The maximum absolute atomic E-state index is 3.59. The molecule has 2 aliphatic carbocycles. The molecule has 0 aliphatic heterocycles. The molecule has 3 atom stereocenters. The van der Waals surface area contributed by atoms with Gasteiger partial charge in [-0.25, -0.2) is 0 Å². The molecule has 2 fully saturated rings. The molecule has 3 unspecified atom stereocenters. The van der Waals surface area contributed by atoms with Crippen LogP contribution in [0.15, 0.2) is 0 Å². The van der Waals surface area contributed by atoms with Crippen LogP contribution < -0.4 is 5.32 Å². The molecular weight excluding hydrogens is 244 g/mol. The van der Waals surface area contributed by atoms with E-state index in [1.54, 1.807) is 0 Å². The van der Waals surface area contributed by atoms with Gasteiger partial charge in [-0.3, -0.25) is 0 Å². The summed E-state index contributed by atoms with van der Waals surface area (Å²) in [5, 5.41) is 3.59. The predicted octanol–water partition coefficient (Wildman–Crippen LogP) is 3.91. The summed E-state index contributed by atoms with van der Waals surface area (Å²) < 4.78 is 0. The van der Waals surface area contributed by atoms with Crippen LogP contribution in [0.4, 0.5) is 0 Å². The fraction of sp³-hybridized carbons (Fsp3) is 1.00. The lowest BCUT2D eigenvalue weighted by Gasteiger charge is -2.40. The summed E-state index contributed by atoms with van der Waals surface area (Å²) in [5.41, 5.74) is 0.251. The van der Waals surface area contributed by atoms with Gasteiger partial charge in [0.1, 0.15) is 0 Å². The minimum atomic E-state index is 0.251. The molecule has 2 heteroatoms. The Morgan fingerprint density at radius 1 is 1.00 bits per heavy atom. The normalized spacial score (nSPS) is 31.4. The van der Waals surface area contributed by atoms with Gasteiger partial charge in [-0.05, 0) is 64.8 Å². The van der Waals surface area contributed by atoms with Crippen molar-refractivity contribution in [1.82, 2.24) is 10.2 Å². The van der Waals surface area contributed by atoms with Crippen LogP contribution in [0.1, 0.15) is 65.7 Å². The third-order valence-electron chi connectivity index (χ3n) is 5.37. The van der Waals surface area contributed by atoms with E-state index in [4.69, 9.17) is 0 Å². The number of hydrogen-bond donors (Lipinski definition) is 1. The summed E-state index contributed by atoms with van der Waals surface area (Å²) in [6.07, 6.45) is 10.6. The lowest BCUT2D eigenvalue weighted by Crippen LogP contribution is -2.42. The maximum atomic E-state index is 3.59. The summed E-state index contributed by atoms with van der Waals surface area (Å²) in [7, 11) is 2.30. The average Bonchev–Trinajstić information content (AvgIpc) is 2.37. The number of hydrogen-bond acceptors (Lipinski definition) is 2. The Morgan fingerprint density at radius 2 is 1.70 bits per heavy atom. The number of nitrogens with one attached hydrogen (secondary N) is 1. The van der Waals surface area contributed by atoms with Crippen molar-refractivity contribution in [2.75, 3.05) is 26.7 Å². The molecule has 0 amide bonds. The van der Waals surface area contributed by atoms with Crippen molar-refractivity contribution >= 4 is 0 Å². The van der Waals surface area contributed by atoms with Gasteiger partial charge in [-0.1, -0.05) is 25.7 Å². The van der Waals surface area contributed by atoms with Crippen molar-refractivity contribution in [1.29, 1.82) is 0 Å². The van der Waals surface area contributed by atoms with E-state index < -0.39 is 0 Å². The fourth-order valence-corrected chi connectivity index (χ4v) is 4.29. The molecule has 0 bridgehead atoms. The lowest BCUT2D eigenvalue weighted by atomic mass is 9.67. The van der Waals surface area contributed by atoms with E-state index in [1.807, 2.05) is 0 Å². The van der Waals surface area contributed by atoms with Crippen LogP contribution in [-0.2, 0) is 0 Å². The van der Waals surface area contributed by atoms with E-state index in [1.165, 1.54) is 58.0 Å². The Balaban J connectivity index is 1.65. The first-order valence-electron chi connectivity index (χ1n) is 8.87. The first-order valence-corrected chi connectivity index (χ1v) is 8.87. The molecule has 2 saturated carbocycles. The molecule has 0 radical (unpaired) electrons. The topological polar surface area (TPSA) is 15.3 Å². The van der Waals surface area contributed by atoms with E-state index >= 15 is 0 Å². The van der Waals surface area contributed by atoms with Crippen molar-refractivity contribution in [3.05, 3.63) is 0 Å². The van der Waals surface area contributed by atoms with Gasteiger partial charge in [-0.2, -0.15) is 0 Å². The molecule has 0 spiro atoms. The van der Waals surface area contributed by atoms with E-state index in [2.05, 4.69) is 38.0 Å². The standard InChI is InChI=1S/C18H36N2/c1-18(2,3)19-11-12-20(4)14-15-9-10-16-7-5-6-8-17(16)13-15/h15-17,19H,5-14H2,1-4H3. The van der Waals surface area contributed by atoms with Crippen molar-refractivity contribution in [3.63, 3.8) is 0 Å². The number of likely N-dealkylation sites (N-methyl/N-ethyl adjacent to an activating group) is 1. The number of rotatable bonds is 5. The minimum absolute atomic E-state index is 0.251. The zero-order chi connectivity index (χ0) is 14.6. The smallest absolute Gasteiger partial charge is 0.0104 e. The molecular formula is C18H36N2. The van der Waals surface area contributed by atoms with Gasteiger partial charge in [0, 0.05) is 25.2 Å². The van der Waals surface area contributed by atoms with Crippen molar-refractivity contribution < 1.29 is 0 Å². The molecule has 0 saturated heterocycles. The Morgan fingerprint density at radius 3 is 2.40 bits per heavy atom. The molecule has 118 valence electrons. The molecule has 0 heterocycles. The summed E-state index contributed by atoms with van der Waals surface area (Å²) >= 11 is 0. The maximum Gasteiger partial charge on any atom is 0.0104 e. The van der Waals surface area contributed by atoms with Crippen LogP contribution in [0, 0.1) is 17.8 Å².